The van der Waals surface area contributed by atoms with Gasteiger partial charge in [-0.2, -0.15) is 0 Å². The first-order valence-electron chi connectivity index (χ1n) is 8.76. The lowest BCUT2D eigenvalue weighted by molar-refractivity contribution is 0.148. The summed E-state index contributed by atoms with van der Waals surface area (Å²) in [5.74, 6) is 0. The Morgan fingerprint density at radius 3 is 2.57 bits per heavy atom. The van der Waals surface area contributed by atoms with Crippen molar-refractivity contribution >= 4 is 11.4 Å². The van der Waals surface area contributed by atoms with E-state index in [1.165, 1.54) is 76.1 Å². The zero-order chi connectivity index (χ0) is 14.1. The fourth-order valence-corrected chi connectivity index (χ4v) is 4.40. The van der Waals surface area contributed by atoms with Gasteiger partial charge in [-0.1, -0.05) is 25.3 Å². The summed E-state index contributed by atoms with van der Waals surface area (Å²) in [6, 6.07) is 7.63. The number of rotatable bonds is 2. The Bertz CT molecular complexity index is 485. The van der Waals surface area contributed by atoms with Gasteiger partial charge in [0.15, 0.2) is 0 Å². The maximum Gasteiger partial charge on any atom is 0.0421 e. The molecule has 1 aromatic carbocycles. The van der Waals surface area contributed by atoms with Crippen LogP contribution < -0.4 is 10.2 Å². The second-order valence-corrected chi connectivity index (χ2v) is 6.79. The van der Waals surface area contributed by atoms with E-state index in [2.05, 4.69) is 33.3 Å². The normalized spacial score (nSPS) is 23.9. The van der Waals surface area contributed by atoms with Gasteiger partial charge in [-0.15, -0.1) is 0 Å². The lowest BCUT2D eigenvalue weighted by Crippen LogP contribution is -2.51. The lowest BCUT2D eigenvalue weighted by atomic mass is 9.93. The van der Waals surface area contributed by atoms with E-state index in [9.17, 15) is 0 Å². The predicted octanol–water partition coefficient (Wildman–Crippen LogP) is 3.11. The van der Waals surface area contributed by atoms with Gasteiger partial charge in [-0.3, -0.25) is 4.90 Å². The maximum atomic E-state index is 3.50. The molecular formula is C18H27N3. The van der Waals surface area contributed by atoms with Gasteiger partial charge in [-0.05, 0) is 31.4 Å². The summed E-state index contributed by atoms with van der Waals surface area (Å²) in [6.45, 7) is 6.01. The van der Waals surface area contributed by atoms with Crippen LogP contribution in [0, 0.1) is 0 Å². The van der Waals surface area contributed by atoms with Gasteiger partial charge < -0.3 is 10.2 Å². The molecule has 0 unspecified atom stereocenters. The Morgan fingerprint density at radius 2 is 1.76 bits per heavy atom. The molecule has 0 atom stereocenters. The third kappa shape index (κ3) is 2.64. The minimum Gasteiger partial charge on any atom is -0.384 e. The molecule has 0 aromatic heterocycles. The standard InChI is InChI=1S/C18H27N3/c1-2-5-15(6-3-1)20-11-13-21(14-12-20)18-8-4-7-17-16(18)9-10-19-17/h4,7-8,15,19H,1-3,5-6,9-14H2. The second-order valence-electron chi connectivity index (χ2n) is 6.79. The lowest BCUT2D eigenvalue weighted by Gasteiger charge is -2.42. The molecular weight excluding hydrogens is 258 g/mol. The molecule has 0 spiro atoms. The highest BCUT2D eigenvalue weighted by molar-refractivity contribution is 5.69. The van der Waals surface area contributed by atoms with E-state index in [1.807, 2.05) is 0 Å². The summed E-state index contributed by atoms with van der Waals surface area (Å²) >= 11 is 0. The Hall–Kier alpha value is -1.22. The molecule has 1 saturated carbocycles. The van der Waals surface area contributed by atoms with Crippen LogP contribution in [-0.2, 0) is 6.42 Å². The number of fused-ring (bicyclic) bond motifs is 1. The third-order valence-corrected chi connectivity index (χ3v) is 5.59. The van der Waals surface area contributed by atoms with Crippen LogP contribution in [0.15, 0.2) is 18.2 Å². The van der Waals surface area contributed by atoms with E-state index in [0.717, 1.165) is 12.6 Å². The van der Waals surface area contributed by atoms with Crippen molar-refractivity contribution in [2.24, 2.45) is 0 Å². The summed E-state index contributed by atoms with van der Waals surface area (Å²) in [4.78, 5) is 5.38. The summed E-state index contributed by atoms with van der Waals surface area (Å²) in [6.07, 6.45) is 8.41. The summed E-state index contributed by atoms with van der Waals surface area (Å²) in [7, 11) is 0. The fraction of sp³-hybridized carbons (Fsp3) is 0.667. The van der Waals surface area contributed by atoms with Crippen molar-refractivity contribution in [3.05, 3.63) is 23.8 Å². The highest BCUT2D eigenvalue weighted by Gasteiger charge is 2.26. The van der Waals surface area contributed by atoms with Crippen LogP contribution in [0.1, 0.15) is 37.7 Å². The topological polar surface area (TPSA) is 18.5 Å². The monoisotopic (exact) mass is 285 g/mol. The van der Waals surface area contributed by atoms with E-state index < -0.39 is 0 Å². The number of piperazine rings is 1. The molecule has 3 nitrogen and oxygen atoms in total. The molecule has 4 rings (SSSR count). The van der Waals surface area contributed by atoms with Crippen molar-refractivity contribution in [1.29, 1.82) is 0 Å². The molecule has 0 amide bonds. The highest BCUT2D eigenvalue weighted by Crippen LogP contribution is 2.33. The smallest absolute Gasteiger partial charge is 0.0421 e. The molecule has 2 fully saturated rings. The van der Waals surface area contributed by atoms with Crippen LogP contribution in [-0.4, -0.2) is 43.7 Å². The molecule has 3 heteroatoms. The largest absolute Gasteiger partial charge is 0.384 e. The van der Waals surface area contributed by atoms with Crippen LogP contribution in [0.3, 0.4) is 0 Å². The molecule has 0 radical (unpaired) electrons. The van der Waals surface area contributed by atoms with Gasteiger partial charge in [-0.25, -0.2) is 0 Å². The number of nitrogens with zero attached hydrogens (tertiary/aromatic N) is 2. The third-order valence-electron chi connectivity index (χ3n) is 5.59. The van der Waals surface area contributed by atoms with Crippen molar-refractivity contribution in [2.45, 2.75) is 44.6 Å². The van der Waals surface area contributed by atoms with E-state index in [-0.39, 0.29) is 0 Å². The van der Waals surface area contributed by atoms with Gasteiger partial charge in [0.05, 0.1) is 0 Å². The van der Waals surface area contributed by atoms with Crippen molar-refractivity contribution in [3.63, 3.8) is 0 Å². The van der Waals surface area contributed by atoms with E-state index in [4.69, 9.17) is 0 Å². The molecule has 1 N–H and O–H groups in total. The van der Waals surface area contributed by atoms with E-state index in [1.54, 1.807) is 5.56 Å². The number of nitrogens with one attached hydrogen (secondary N) is 1. The van der Waals surface area contributed by atoms with E-state index >= 15 is 0 Å². The van der Waals surface area contributed by atoms with Gasteiger partial charge in [0.1, 0.15) is 0 Å². The molecule has 21 heavy (non-hydrogen) atoms. The zero-order valence-electron chi connectivity index (χ0n) is 13.0. The predicted molar refractivity (Wildman–Crippen MR) is 89.3 cm³/mol. The number of anilines is 2. The number of hydrogen-bond acceptors (Lipinski definition) is 3. The van der Waals surface area contributed by atoms with Crippen molar-refractivity contribution in [3.8, 4) is 0 Å². The first kappa shape index (κ1) is 13.4. The summed E-state index contributed by atoms with van der Waals surface area (Å²) < 4.78 is 0. The Labute approximate surface area is 128 Å². The Morgan fingerprint density at radius 1 is 0.952 bits per heavy atom. The van der Waals surface area contributed by atoms with Crippen LogP contribution in [0.5, 0.6) is 0 Å². The molecule has 1 aromatic rings. The van der Waals surface area contributed by atoms with Gasteiger partial charge >= 0.3 is 0 Å². The first-order valence-corrected chi connectivity index (χ1v) is 8.76. The average molecular weight is 285 g/mol. The molecule has 0 bridgehead atoms. The SMILES string of the molecule is c1cc2c(c(N3CCN(C4CCCCC4)CC3)c1)CCN2. The number of benzene rings is 1. The molecule has 1 aliphatic carbocycles. The molecule has 3 aliphatic rings. The summed E-state index contributed by atoms with van der Waals surface area (Å²) in [5, 5.41) is 3.50. The first-order chi connectivity index (χ1) is 10.4. The van der Waals surface area contributed by atoms with Crippen LogP contribution >= 0.6 is 0 Å². The van der Waals surface area contributed by atoms with Crippen LogP contribution in [0.2, 0.25) is 0 Å². The minimum atomic E-state index is 0.879. The van der Waals surface area contributed by atoms with Gasteiger partial charge in [0.25, 0.3) is 0 Å². The highest BCUT2D eigenvalue weighted by atomic mass is 15.3. The average Bonchev–Trinajstić information content (AvgIpc) is 3.04. The molecule has 2 heterocycles. The van der Waals surface area contributed by atoms with Gasteiger partial charge in [0, 0.05) is 55.7 Å². The van der Waals surface area contributed by atoms with Crippen LogP contribution in [0.25, 0.3) is 0 Å². The van der Waals surface area contributed by atoms with Crippen molar-refractivity contribution in [1.82, 2.24) is 4.90 Å². The van der Waals surface area contributed by atoms with E-state index in [0.29, 0.717) is 0 Å². The molecule has 1 saturated heterocycles. The van der Waals surface area contributed by atoms with Crippen molar-refractivity contribution in [2.75, 3.05) is 42.9 Å². The zero-order valence-corrected chi connectivity index (χ0v) is 13.0. The minimum absolute atomic E-state index is 0.879. The second kappa shape index (κ2) is 5.88. The maximum absolute atomic E-state index is 3.50. The Kier molecular flexibility index (Phi) is 3.76. The molecule has 114 valence electrons. The van der Waals surface area contributed by atoms with Crippen molar-refractivity contribution < 1.29 is 0 Å². The quantitative estimate of drug-likeness (QED) is 0.901. The Balaban J connectivity index is 1.42. The fourth-order valence-electron chi connectivity index (χ4n) is 4.40. The van der Waals surface area contributed by atoms with Crippen LogP contribution in [0.4, 0.5) is 11.4 Å². The van der Waals surface area contributed by atoms with Gasteiger partial charge in [0.2, 0.25) is 0 Å². The number of hydrogen-bond donors (Lipinski definition) is 1. The molecule has 2 aliphatic heterocycles. The summed E-state index contributed by atoms with van der Waals surface area (Å²) in [5.41, 5.74) is 4.40.